The van der Waals surface area contributed by atoms with Crippen molar-refractivity contribution in [2.24, 2.45) is 0 Å². The zero-order valence-electron chi connectivity index (χ0n) is 9.45. The molecule has 1 fully saturated rings. The Morgan fingerprint density at radius 1 is 1.44 bits per heavy atom. The standard InChI is InChI=1S/C12H17ClN2.ClH/c1-10-8-14-6-7-15(10)9-11-4-2-3-5-12(11)13;/h2-5,10,14H,6-9H2,1H3;1H/t10-;/m1./s1. The van der Waals surface area contributed by atoms with Gasteiger partial charge in [-0.3, -0.25) is 4.90 Å². The summed E-state index contributed by atoms with van der Waals surface area (Å²) in [5, 5.41) is 4.27. The van der Waals surface area contributed by atoms with Crippen molar-refractivity contribution in [3.63, 3.8) is 0 Å². The van der Waals surface area contributed by atoms with Crippen LogP contribution in [0.25, 0.3) is 0 Å². The van der Waals surface area contributed by atoms with Crippen LogP contribution in [-0.4, -0.2) is 30.6 Å². The summed E-state index contributed by atoms with van der Waals surface area (Å²) in [6.07, 6.45) is 0. The van der Waals surface area contributed by atoms with Gasteiger partial charge >= 0.3 is 0 Å². The lowest BCUT2D eigenvalue weighted by Gasteiger charge is -2.34. The van der Waals surface area contributed by atoms with E-state index < -0.39 is 0 Å². The molecular weight excluding hydrogens is 243 g/mol. The Morgan fingerprint density at radius 2 is 2.19 bits per heavy atom. The zero-order valence-corrected chi connectivity index (χ0v) is 11.0. The van der Waals surface area contributed by atoms with E-state index in [1.54, 1.807) is 0 Å². The summed E-state index contributed by atoms with van der Waals surface area (Å²) in [5.74, 6) is 0. The van der Waals surface area contributed by atoms with Gasteiger partial charge in [-0.05, 0) is 18.6 Å². The number of benzene rings is 1. The van der Waals surface area contributed by atoms with Gasteiger partial charge < -0.3 is 5.32 Å². The van der Waals surface area contributed by atoms with E-state index in [0.29, 0.717) is 6.04 Å². The highest BCUT2D eigenvalue weighted by Gasteiger charge is 2.18. The number of halogens is 2. The van der Waals surface area contributed by atoms with Crippen LogP contribution in [0, 0.1) is 0 Å². The van der Waals surface area contributed by atoms with E-state index >= 15 is 0 Å². The van der Waals surface area contributed by atoms with Gasteiger partial charge in [-0.15, -0.1) is 12.4 Å². The summed E-state index contributed by atoms with van der Waals surface area (Å²) in [4.78, 5) is 2.47. The highest BCUT2D eigenvalue weighted by molar-refractivity contribution is 6.31. The smallest absolute Gasteiger partial charge is 0.0451 e. The molecule has 0 saturated carbocycles. The Morgan fingerprint density at radius 3 is 2.88 bits per heavy atom. The summed E-state index contributed by atoms with van der Waals surface area (Å²) in [6.45, 7) is 6.47. The monoisotopic (exact) mass is 260 g/mol. The van der Waals surface area contributed by atoms with E-state index in [-0.39, 0.29) is 12.4 Å². The van der Waals surface area contributed by atoms with Crippen LogP contribution in [0.2, 0.25) is 5.02 Å². The minimum Gasteiger partial charge on any atom is -0.314 e. The molecule has 4 heteroatoms. The van der Waals surface area contributed by atoms with Gasteiger partial charge in [0.1, 0.15) is 0 Å². The van der Waals surface area contributed by atoms with Crippen LogP contribution >= 0.6 is 24.0 Å². The van der Waals surface area contributed by atoms with Crippen molar-refractivity contribution in [1.29, 1.82) is 0 Å². The molecule has 2 rings (SSSR count). The number of rotatable bonds is 2. The van der Waals surface area contributed by atoms with E-state index in [9.17, 15) is 0 Å². The van der Waals surface area contributed by atoms with Crippen molar-refractivity contribution in [3.8, 4) is 0 Å². The molecule has 0 spiro atoms. The number of nitrogens with zero attached hydrogens (tertiary/aromatic N) is 1. The van der Waals surface area contributed by atoms with E-state index in [4.69, 9.17) is 11.6 Å². The lowest BCUT2D eigenvalue weighted by atomic mass is 10.1. The van der Waals surface area contributed by atoms with Gasteiger partial charge in [0.2, 0.25) is 0 Å². The highest BCUT2D eigenvalue weighted by Crippen LogP contribution is 2.18. The van der Waals surface area contributed by atoms with Gasteiger partial charge in [-0.25, -0.2) is 0 Å². The molecule has 90 valence electrons. The van der Waals surface area contributed by atoms with Crippen LogP contribution < -0.4 is 5.32 Å². The number of hydrogen-bond donors (Lipinski definition) is 1. The fourth-order valence-electron chi connectivity index (χ4n) is 1.96. The predicted molar refractivity (Wildman–Crippen MR) is 71.4 cm³/mol. The summed E-state index contributed by atoms with van der Waals surface area (Å²) in [6, 6.07) is 8.69. The second-order valence-corrected chi connectivity index (χ2v) is 4.52. The molecule has 1 aliphatic heterocycles. The number of nitrogens with one attached hydrogen (secondary N) is 1. The van der Waals surface area contributed by atoms with Crippen LogP contribution in [0.3, 0.4) is 0 Å². The first-order chi connectivity index (χ1) is 7.27. The normalized spacial score (nSPS) is 21.5. The molecule has 16 heavy (non-hydrogen) atoms. The molecule has 1 aromatic rings. The maximum absolute atomic E-state index is 6.15. The second kappa shape index (κ2) is 6.45. The van der Waals surface area contributed by atoms with Crippen molar-refractivity contribution in [1.82, 2.24) is 10.2 Å². The average Bonchev–Trinajstić information content (AvgIpc) is 2.24. The van der Waals surface area contributed by atoms with Crippen LogP contribution in [-0.2, 0) is 6.54 Å². The van der Waals surface area contributed by atoms with Gasteiger partial charge in [-0.2, -0.15) is 0 Å². The number of hydrogen-bond acceptors (Lipinski definition) is 2. The molecule has 1 heterocycles. The van der Waals surface area contributed by atoms with Crippen molar-refractivity contribution in [2.45, 2.75) is 19.5 Å². The molecule has 1 aromatic carbocycles. The largest absolute Gasteiger partial charge is 0.314 e. The summed E-state index contributed by atoms with van der Waals surface area (Å²) in [5.41, 5.74) is 1.23. The molecule has 0 unspecified atom stereocenters. The van der Waals surface area contributed by atoms with Crippen molar-refractivity contribution in [2.75, 3.05) is 19.6 Å². The van der Waals surface area contributed by atoms with Crippen molar-refractivity contribution < 1.29 is 0 Å². The molecule has 0 bridgehead atoms. The van der Waals surface area contributed by atoms with Crippen LogP contribution in [0.4, 0.5) is 0 Å². The predicted octanol–water partition coefficient (Wildman–Crippen LogP) is 2.56. The van der Waals surface area contributed by atoms with Crippen LogP contribution in [0.15, 0.2) is 24.3 Å². The minimum atomic E-state index is 0. The quantitative estimate of drug-likeness (QED) is 0.880. The molecule has 0 amide bonds. The van der Waals surface area contributed by atoms with Gasteiger partial charge in [0.15, 0.2) is 0 Å². The topological polar surface area (TPSA) is 15.3 Å². The SMILES string of the molecule is C[C@@H]1CNCCN1Cc1ccccc1Cl.Cl. The second-order valence-electron chi connectivity index (χ2n) is 4.12. The lowest BCUT2D eigenvalue weighted by molar-refractivity contribution is 0.165. The summed E-state index contributed by atoms with van der Waals surface area (Å²) in [7, 11) is 0. The molecule has 2 nitrogen and oxygen atoms in total. The fraction of sp³-hybridized carbons (Fsp3) is 0.500. The third-order valence-corrected chi connectivity index (χ3v) is 3.34. The summed E-state index contributed by atoms with van der Waals surface area (Å²) >= 11 is 6.15. The Bertz CT molecular complexity index is 331. The van der Waals surface area contributed by atoms with E-state index in [1.807, 2.05) is 18.2 Å². The van der Waals surface area contributed by atoms with Crippen molar-refractivity contribution in [3.05, 3.63) is 34.9 Å². The average molecular weight is 261 g/mol. The van der Waals surface area contributed by atoms with Gasteiger partial charge in [0.25, 0.3) is 0 Å². The Kier molecular flexibility index (Phi) is 5.56. The fourth-order valence-corrected chi connectivity index (χ4v) is 2.16. The highest BCUT2D eigenvalue weighted by atomic mass is 35.5. The van der Waals surface area contributed by atoms with E-state index in [2.05, 4.69) is 23.2 Å². The molecule has 0 aliphatic carbocycles. The minimum absolute atomic E-state index is 0. The van der Waals surface area contributed by atoms with Crippen LogP contribution in [0.5, 0.6) is 0 Å². The molecule has 1 N–H and O–H groups in total. The van der Waals surface area contributed by atoms with Gasteiger partial charge in [-0.1, -0.05) is 29.8 Å². The Balaban J connectivity index is 0.00000128. The van der Waals surface area contributed by atoms with E-state index in [1.165, 1.54) is 5.56 Å². The third kappa shape index (κ3) is 3.36. The van der Waals surface area contributed by atoms with Gasteiger partial charge in [0.05, 0.1) is 0 Å². The molecule has 1 atom stereocenters. The maximum Gasteiger partial charge on any atom is 0.0451 e. The maximum atomic E-state index is 6.15. The number of piperazine rings is 1. The Labute approximate surface area is 108 Å². The molecule has 0 radical (unpaired) electrons. The first-order valence-corrected chi connectivity index (χ1v) is 5.83. The van der Waals surface area contributed by atoms with E-state index in [0.717, 1.165) is 31.2 Å². The first kappa shape index (κ1) is 13.8. The lowest BCUT2D eigenvalue weighted by Crippen LogP contribution is -2.49. The summed E-state index contributed by atoms with van der Waals surface area (Å²) < 4.78 is 0. The van der Waals surface area contributed by atoms with Crippen molar-refractivity contribution >= 4 is 24.0 Å². The van der Waals surface area contributed by atoms with Gasteiger partial charge in [0, 0.05) is 37.2 Å². The zero-order chi connectivity index (χ0) is 10.7. The first-order valence-electron chi connectivity index (χ1n) is 5.45. The van der Waals surface area contributed by atoms with Crippen LogP contribution in [0.1, 0.15) is 12.5 Å². The molecule has 0 aromatic heterocycles. The Hall–Kier alpha value is -0.280. The molecular formula is C12H18Cl2N2. The third-order valence-electron chi connectivity index (χ3n) is 2.97. The molecule has 1 aliphatic rings. The molecule has 1 saturated heterocycles.